The topological polar surface area (TPSA) is 64.7 Å². The number of anilines is 1. The molecule has 124 valence electrons. The van der Waals surface area contributed by atoms with E-state index in [0.717, 1.165) is 12.1 Å². The lowest BCUT2D eigenvalue weighted by molar-refractivity contribution is -0.137. The molecule has 0 saturated heterocycles. The van der Waals surface area contributed by atoms with Crippen LogP contribution in [-0.4, -0.2) is 21.2 Å². The minimum atomic E-state index is -4.42. The number of rotatable bonds is 3. The van der Waals surface area contributed by atoms with E-state index in [1.807, 2.05) is 6.26 Å². The van der Waals surface area contributed by atoms with Crippen LogP contribution in [0.1, 0.15) is 5.56 Å². The summed E-state index contributed by atoms with van der Waals surface area (Å²) >= 11 is 2.55. The zero-order chi connectivity index (χ0) is 17.3. The molecule has 3 aromatic rings. The van der Waals surface area contributed by atoms with E-state index in [9.17, 15) is 13.2 Å². The third-order valence-electron chi connectivity index (χ3n) is 3.16. The molecule has 4 nitrogen and oxygen atoms in total. The molecule has 0 saturated carbocycles. The Morgan fingerprint density at radius 3 is 2.67 bits per heavy atom. The van der Waals surface area contributed by atoms with Gasteiger partial charge in [0.05, 0.1) is 21.8 Å². The standard InChI is InChI=1S/C15H11F3N4S2/c1-23-14-20-6-5-10(21-14)12-11(22-13(19)24-12)8-3-2-4-9(7-8)15(16,17)18/h2-7H,1H3,(H2,19,22). The quantitative estimate of drug-likeness (QED) is 0.541. The number of thiazole rings is 1. The molecular weight excluding hydrogens is 357 g/mol. The summed E-state index contributed by atoms with van der Waals surface area (Å²) in [6.07, 6.45) is -0.980. The molecule has 0 fully saturated rings. The molecule has 1 aromatic carbocycles. The summed E-state index contributed by atoms with van der Waals surface area (Å²) < 4.78 is 38.8. The van der Waals surface area contributed by atoms with Crippen molar-refractivity contribution in [1.82, 2.24) is 15.0 Å². The van der Waals surface area contributed by atoms with E-state index in [4.69, 9.17) is 5.73 Å². The molecule has 2 heterocycles. The molecule has 2 aromatic heterocycles. The smallest absolute Gasteiger partial charge is 0.375 e. The van der Waals surface area contributed by atoms with Gasteiger partial charge in [0.1, 0.15) is 0 Å². The molecule has 0 atom stereocenters. The number of hydrogen-bond acceptors (Lipinski definition) is 6. The van der Waals surface area contributed by atoms with Crippen LogP contribution in [0.2, 0.25) is 0 Å². The largest absolute Gasteiger partial charge is 0.416 e. The Labute approximate surface area is 144 Å². The predicted octanol–water partition coefficient (Wildman–Crippen LogP) is 4.59. The first-order chi connectivity index (χ1) is 11.4. The van der Waals surface area contributed by atoms with E-state index in [1.165, 1.54) is 29.2 Å². The lowest BCUT2D eigenvalue weighted by Crippen LogP contribution is -2.04. The monoisotopic (exact) mass is 368 g/mol. The van der Waals surface area contributed by atoms with E-state index < -0.39 is 11.7 Å². The zero-order valence-corrected chi connectivity index (χ0v) is 14.0. The van der Waals surface area contributed by atoms with Crippen LogP contribution in [0.25, 0.3) is 21.8 Å². The fraction of sp³-hybridized carbons (Fsp3) is 0.133. The second kappa shape index (κ2) is 6.40. The summed E-state index contributed by atoms with van der Waals surface area (Å²) in [6, 6.07) is 6.70. The van der Waals surface area contributed by atoms with Crippen LogP contribution < -0.4 is 5.73 Å². The van der Waals surface area contributed by atoms with Gasteiger partial charge in [-0.25, -0.2) is 15.0 Å². The molecule has 0 radical (unpaired) electrons. The molecule has 0 amide bonds. The zero-order valence-electron chi connectivity index (χ0n) is 12.3. The summed E-state index contributed by atoms with van der Waals surface area (Å²) in [6.45, 7) is 0. The van der Waals surface area contributed by atoms with Crippen LogP contribution in [0.5, 0.6) is 0 Å². The highest BCUT2D eigenvalue weighted by Gasteiger charge is 2.31. The van der Waals surface area contributed by atoms with Gasteiger partial charge in [-0.15, -0.1) is 0 Å². The molecule has 0 aliphatic heterocycles. The molecule has 0 bridgehead atoms. The summed E-state index contributed by atoms with van der Waals surface area (Å²) in [7, 11) is 0. The van der Waals surface area contributed by atoms with E-state index in [-0.39, 0.29) is 5.13 Å². The maximum atomic E-state index is 12.9. The molecule has 24 heavy (non-hydrogen) atoms. The van der Waals surface area contributed by atoms with Gasteiger partial charge in [-0.05, 0) is 24.5 Å². The minimum Gasteiger partial charge on any atom is -0.375 e. The number of nitrogen functional groups attached to an aromatic ring is 1. The van der Waals surface area contributed by atoms with Crippen LogP contribution in [0.4, 0.5) is 18.3 Å². The van der Waals surface area contributed by atoms with E-state index in [2.05, 4.69) is 15.0 Å². The number of nitrogens with zero attached hydrogens (tertiary/aromatic N) is 3. The normalized spacial score (nSPS) is 11.7. The first-order valence-electron chi connectivity index (χ1n) is 6.70. The van der Waals surface area contributed by atoms with Crippen molar-refractivity contribution in [3.63, 3.8) is 0 Å². The van der Waals surface area contributed by atoms with Gasteiger partial charge in [0.25, 0.3) is 0 Å². The lowest BCUT2D eigenvalue weighted by atomic mass is 10.1. The van der Waals surface area contributed by atoms with Crippen molar-refractivity contribution in [2.24, 2.45) is 0 Å². The van der Waals surface area contributed by atoms with Crippen LogP contribution in [0.3, 0.4) is 0 Å². The van der Waals surface area contributed by atoms with Crippen LogP contribution >= 0.6 is 23.1 Å². The van der Waals surface area contributed by atoms with Crippen LogP contribution in [0.15, 0.2) is 41.7 Å². The summed E-state index contributed by atoms with van der Waals surface area (Å²) in [5, 5.41) is 0.830. The van der Waals surface area contributed by atoms with E-state index >= 15 is 0 Å². The maximum absolute atomic E-state index is 12.9. The number of thioether (sulfide) groups is 1. The predicted molar refractivity (Wildman–Crippen MR) is 89.8 cm³/mol. The van der Waals surface area contributed by atoms with Gasteiger partial charge < -0.3 is 5.73 Å². The second-order valence-electron chi connectivity index (χ2n) is 4.74. The van der Waals surface area contributed by atoms with Crippen molar-refractivity contribution in [1.29, 1.82) is 0 Å². The van der Waals surface area contributed by atoms with Crippen LogP contribution in [-0.2, 0) is 6.18 Å². The van der Waals surface area contributed by atoms with Crippen molar-refractivity contribution >= 4 is 28.2 Å². The van der Waals surface area contributed by atoms with Gasteiger partial charge in [-0.2, -0.15) is 13.2 Å². The van der Waals surface area contributed by atoms with Gasteiger partial charge in [0.2, 0.25) is 0 Å². The van der Waals surface area contributed by atoms with Gasteiger partial charge >= 0.3 is 6.18 Å². The van der Waals surface area contributed by atoms with Gasteiger partial charge in [0.15, 0.2) is 10.3 Å². The minimum absolute atomic E-state index is 0.265. The Morgan fingerprint density at radius 2 is 1.96 bits per heavy atom. The Morgan fingerprint density at radius 1 is 1.17 bits per heavy atom. The second-order valence-corrected chi connectivity index (χ2v) is 6.54. The van der Waals surface area contributed by atoms with E-state index in [1.54, 1.807) is 18.3 Å². The Bertz CT molecular complexity index is 877. The van der Waals surface area contributed by atoms with Gasteiger partial charge in [0, 0.05) is 11.8 Å². The highest BCUT2D eigenvalue weighted by atomic mass is 32.2. The maximum Gasteiger partial charge on any atom is 0.416 e. The lowest BCUT2D eigenvalue weighted by Gasteiger charge is -2.08. The van der Waals surface area contributed by atoms with Crippen molar-refractivity contribution < 1.29 is 13.2 Å². The SMILES string of the molecule is CSc1nccc(-c2sc(N)nc2-c2cccc(C(F)(F)F)c2)n1. The van der Waals surface area contributed by atoms with Crippen molar-refractivity contribution in [2.75, 3.05) is 12.0 Å². The molecular formula is C15H11F3N4S2. The summed E-state index contributed by atoms with van der Waals surface area (Å²) in [4.78, 5) is 13.3. The molecule has 0 aliphatic carbocycles. The number of alkyl halides is 3. The first-order valence-corrected chi connectivity index (χ1v) is 8.74. The van der Waals surface area contributed by atoms with Gasteiger partial charge in [-0.1, -0.05) is 35.2 Å². The number of nitrogens with two attached hydrogens (primary N) is 1. The Balaban J connectivity index is 2.13. The first kappa shape index (κ1) is 16.7. The molecule has 0 unspecified atom stereocenters. The third-order valence-corrected chi connectivity index (χ3v) is 4.62. The average Bonchev–Trinajstić information content (AvgIpc) is 2.96. The number of halogens is 3. The molecule has 9 heteroatoms. The summed E-state index contributed by atoms with van der Waals surface area (Å²) in [5.41, 5.74) is 6.36. The highest BCUT2D eigenvalue weighted by molar-refractivity contribution is 7.98. The number of hydrogen-bond donors (Lipinski definition) is 1. The Hall–Kier alpha value is -2.13. The van der Waals surface area contributed by atoms with Crippen molar-refractivity contribution in [3.8, 4) is 21.8 Å². The van der Waals surface area contributed by atoms with E-state index in [0.29, 0.717) is 27.0 Å². The van der Waals surface area contributed by atoms with Gasteiger partial charge in [-0.3, -0.25) is 0 Å². The fourth-order valence-corrected chi connectivity index (χ4v) is 3.29. The van der Waals surface area contributed by atoms with Crippen LogP contribution in [0, 0.1) is 0 Å². The highest BCUT2D eigenvalue weighted by Crippen LogP contribution is 2.39. The van der Waals surface area contributed by atoms with Crippen molar-refractivity contribution in [3.05, 3.63) is 42.1 Å². The Kier molecular flexibility index (Phi) is 4.46. The van der Waals surface area contributed by atoms with Crippen molar-refractivity contribution in [2.45, 2.75) is 11.3 Å². The summed E-state index contributed by atoms with van der Waals surface area (Å²) in [5.74, 6) is 0. The molecule has 0 aliphatic rings. The molecule has 3 rings (SSSR count). The number of aromatic nitrogens is 3. The fourth-order valence-electron chi connectivity index (χ4n) is 2.11. The molecule has 0 spiro atoms. The third kappa shape index (κ3) is 3.36. The molecule has 2 N–H and O–H groups in total. The number of benzene rings is 1. The average molecular weight is 368 g/mol.